The Morgan fingerprint density at radius 3 is 2.67 bits per heavy atom. The highest BCUT2D eigenvalue weighted by Crippen LogP contribution is 2.70. The molecule has 0 aromatic carbocycles. The lowest BCUT2D eigenvalue weighted by atomic mass is 9.47. The van der Waals surface area contributed by atoms with Gasteiger partial charge in [-0.1, -0.05) is 39.3 Å². The van der Waals surface area contributed by atoms with Crippen LogP contribution in [0.3, 0.4) is 0 Å². The molecule has 11 atom stereocenters. The van der Waals surface area contributed by atoms with Crippen molar-refractivity contribution in [1.82, 2.24) is 5.32 Å². The van der Waals surface area contributed by atoms with Crippen molar-refractivity contribution in [2.75, 3.05) is 6.54 Å². The van der Waals surface area contributed by atoms with E-state index < -0.39 is 0 Å². The van der Waals surface area contributed by atoms with Crippen molar-refractivity contribution >= 4 is 0 Å². The molecule has 1 spiro atoms. The van der Waals surface area contributed by atoms with Crippen LogP contribution in [0.25, 0.3) is 0 Å². The first-order valence-corrected chi connectivity index (χ1v) is 13.1. The molecule has 2 N–H and O–H groups in total. The van der Waals surface area contributed by atoms with E-state index in [9.17, 15) is 5.11 Å². The van der Waals surface area contributed by atoms with E-state index in [1.165, 1.54) is 44.9 Å². The average Bonchev–Trinajstić information content (AvgIpc) is 3.16. The van der Waals surface area contributed by atoms with Crippen molar-refractivity contribution in [2.24, 2.45) is 46.3 Å². The fourth-order valence-corrected chi connectivity index (χ4v) is 9.84. The first-order chi connectivity index (χ1) is 14.3. The van der Waals surface area contributed by atoms with E-state index in [0.717, 1.165) is 49.0 Å². The molecule has 3 heteroatoms. The highest BCUT2D eigenvalue weighted by Gasteiger charge is 2.68. The van der Waals surface area contributed by atoms with Crippen LogP contribution in [0, 0.1) is 46.3 Å². The first-order valence-electron chi connectivity index (χ1n) is 13.1. The minimum atomic E-state index is -0.100. The minimum Gasteiger partial charge on any atom is -0.393 e. The van der Waals surface area contributed by atoms with Crippen LogP contribution in [0.4, 0.5) is 0 Å². The van der Waals surface area contributed by atoms with Crippen molar-refractivity contribution in [3.63, 3.8) is 0 Å². The molecule has 2 saturated heterocycles. The highest BCUT2D eigenvalue weighted by molar-refractivity contribution is 5.26. The van der Waals surface area contributed by atoms with Crippen LogP contribution in [0.2, 0.25) is 0 Å². The van der Waals surface area contributed by atoms with Crippen LogP contribution < -0.4 is 5.32 Å². The van der Waals surface area contributed by atoms with Crippen molar-refractivity contribution in [3.05, 3.63) is 11.6 Å². The molecule has 0 bridgehead atoms. The molecule has 6 rings (SSSR count). The van der Waals surface area contributed by atoms with E-state index in [-0.39, 0.29) is 11.8 Å². The van der Waals surface area contributed by atoms with E-state index >= 15 is 0 Å². The number of ether oxygens (including phenoxy) is 1. The number of rotatable bonds is 0. The Hall–Kier alpha value is -0.380. The smallest absolute Gasteiger partial charge is 0.122 e. The maximum absolute atomic E-state index is 10.3. The predicted octanol–water partition coefficient (Wildman–Crippen LogP) is 5.29. The number of hydrogen-bond donors (Lipinski definition) is 2. The topological polar surface area (TPSA) is 41.5 Å². The summed E-state index contributed by atoms with van der Waals surface area (Å²) in [5, 5.41) is 14.1. The third-order valence-corrected chi connectivity index (χ3v) is 11.6. The number of fused-ring (bicyclic) bond motifs is 7. The third-order valence-electron chi connectivity index (χ3n) is 11.6. The molecule has 4 aliphatic carbocycles. The molecular formula is C27H43NO2. The average molecular weight is 414 g/mol. The van der Waals surface area contributed by atoms with Crippen molar-refractivity contribution in [2.45, 2.75) is 103 Å². The van der Waals surface area contributed by atoms with E-state index in [0.29, 0.717) is 22.9 Å². The van der Waals surface area contributed by atoms with E-state index in [2.05, 4.69) is 39.1 Å². The number of allylic oxidation sites excluding steroid dienone is 1. The number of piperidine rings is 1. The lowest BCUT2D eigenvalue weighted by molar-refractivity contribution is -0.115. The normalized spacial score (nSPS) is 59.8. The lowest BCUT2D eigenvalue weighted by Gasteiger charge is -2.58. The molecule has 0 unspecified atom stereocenters. The summed E-state index contributed by atoms with van der Waals surface area (Å²) in [5.74, 6) is 4.58. The van der Waals surface area contributed by atoms with Gasteiger partial charge in [0.15, 0.2) is 0 Å². The Balaban J connectivity index is 1.28. The van der Waals surface area contributed by atoms with Crippen LogP contribution in [-0.4, -0.2) is 29.6 Å². The first kappa shape index (κ1) is 20.2. The zero-order chi connectivity index (χ0) is 20.9. The Labute approximate surface area is 183 Å². The zero-order valence-electron chi connectivity index (χ0n) is 19.6. The summed E-state index contributed by atoms with van der Waals surface area (Å²) in [5.41, 5.74) is 2.33. The van der Waals surface area contributed by atoms with E-state index in [1.807, 2.05) is 0 Å². The number of aliphatic hydroxyl groups is 1. The lowest BCUT2D eigenvalue weighted by Crippen LogP contribution is -2.57. The van der Waals surface area contributed by atoms with Crippen LogP contribution in [-0.2, 0) is 4.74 Å². The van der Waals surface area contributed by atoms with Crippen LogP contribution >= 0.6 is 0 Å². The Morgan fingerprint density at radius 1 is 1.07 bits per heavy atom. The number of nitrogens with one attached hydrogen (secondary N) is 1. The monoisotopic (exact) mass is 413 g/mol. The zero-order valence-corrected chi connectivity index (χ0v) is 19.6. The quantitative estimate of drug-likeness (QED) is 0.530. The molecule has 30 heavy (non-hydrogen) atoms. The third kappa shape index (κ3) is 2.55. The molecule has 3 nitrogen and oxygen atoms in total. The maximum atomic E-state index is 10.3. The molecule has 2 aliphatic heterocycles. The molecule has 6 aliphatic rings. The summed E-state index contributed by atoms with van der Waals surface area (Å²) in [6, 6.07) is 0. The van der Waals surface area contributed by atoms with Crippen LogP contribution in [0.5, 0.6) is 0 Å². The van der Waals surface area contributed by atoms with Gasteiger partial charge in [0, 0.05) is 12.5 Å². The van der Waals surface area contributed by atoms with Crippen LogP contribution in [0.1, 0.15) is 85.5 Å². The summed E-state index contributed by atoms with van der Waals surface area (Å²) >= 11 is 0. The maximum Gasteiger partial charge on any atom is 0.122 e. The van der Waals surface area contributed by atoms with E-state index in [4.69, 9.17) is 4.74 Å². The fraction of sp³-hybridized carbons (Fsp3) is 0.926. The second-order valence-corrected chi connectivity index (χ2v) is 12.8. The predicted molar refractivity (Wildman–Crippen MR) is 120 cm³/mol. The standard InChI is InChI=1S/C27H43NO2/c1-16-7-12-27(28-15-16)17(2)24-23(30-27)14-22-20-6-5-18-13-19(29)8-10-25(18,3)21(20)9-11-26(22,24)4/h5,16-17,19-24,28-29H,6-15H2,1-4H3/t16-,17+,19+,20-,21+,22+,23+,24+,25+,26-,27+/m1/s1. The Morgan fingerprint density at radius 2 is 1.90 bits per heavy atom. The second-order valence-electron chi connectivity index (χ2n) is 12.8. The van der Waals surface area contributed by atoms with Gasteiger partial charge in [0.2, 0.25) is 0 Å². The van der Waals surface area contributed by atoms with Gasteiger partial charge in [-0.3, -0.25) is 5.32 Å². The largest absolute Gasteiger partial charge is 0.393 e. The molecule has 3 saturated carbocycles. The SMILES string of the molecule is C[C@@H]1CC[C@]2(NC1)O[C@H]1C[C@H]3[C@@H]4CC=C5C[C@@H](O)CC[C@]5(C)[C@H]4CC[C@@]3(C)[C@H]1[C@@H]2C. The van der Waals surface area contributed by atoms with Crippen molar-refractivity contribution < 1.29 is 9.84 Å². The second kappa shape index (κ2) is 6.58. The molecule has 0 aromatic heterocycles. The Bertz CT molecular complexity index is 739. The summed E-state index contributed by atoms with van der Waals surface area (Å²) in [6.45, 7) is 11.2. The highest BCUT2D eigenvalue weighted by atomic mass is 16.5. The minimum absolute atomic E-state index is 0.0439. The number of hydrogen-bond acceptors (Lipinski definition) is 3. The van der Waals surface area contributed by atoms with Gasteiger partial charge >= 0.3 is 0 Å². The molecular weight excluding hydrogens is 370 g/mol. The van der Waals surface area contributed by atoms with Gasteiger partial charge in [0.05, 0.1) is 12.2 Å². The van der Waals surface area contributed by atoms with E-state index in [1.54, 1.807) is 5.57 Å². The molecule has 168 valence electrons. The number of aliphatic hydroxyl groups excluding tert-OH is 1. The van der Waals surface area contributed by atoms with Gasteiger partial charge in [-0.2, -0.15) is 0 Å². The summed E-state index contributed by atoms with van der Waals surface area (Å²) in [6.07, 6.45) is 13.8. The molecule has 0 aromatic rings. The molecule has 0 radical (unpaired) electrons. The van der Waals surface area contributed by atoms with Gasteiger partial charge in [-0.25, -0.2) is 0 Å². The van der Waals surface area contributed by atoms with Crippen LogP contribution in [0.15, 0.2) is 11.6 Å². The van der Waals surface area contributed by atoms with Gasteiger partial charge in [-0.05, 0) is 98.2 Å². The molecule has 5 fully saturated rings. The van der Waals surface area contributed by atoms with Gasteiger partial charge in [0.25, 0.3) is 0 Å². The molecule has 0 amide bonds. The summed E-state index contributed by atoms with van der Waals surface area (Å²) in [7, 11) is 0. The van der Waals surface area contributed by atoms with Crippen molar-refractivity contribution in [3.8, 4) is 0 Å². The summed E-state index contributed by atoms with van der Waals surface area (Å²) < 4.78 is 7.00. The van der Waals surface area contributed by atoms with Gasteiger partial charge in [0.1, 0.15) is 5.72 Å². The van der Waals surface area contributed by atoms with Gasteiger partial charge < -0.3 is 9.84 Å². The summed E-state index contributed by atoms with van der Waals surface area (Å²) in [4.78, 5) is 0. The fourth-order valence-electron chi connectivity index (χ4n) is 9.84. The molecule has 2 heterocycles. The Kier molecular flexibility index (Phi) is 4.44. The van der Waals surface area contributed by atoms with Gasteiger partial charge in [-0.15, -0.1) is 0 Å². The van der Waals surface area contributed by atoms with Crippen molar-refractivity contribution in [1.29, 1.82) is 0 Å².